The number of ether oxygens (including phenoxy) is 1. The highest BCUT2D eigenvalue weighted by atomic mass is 19.1. The molecule has 0 unspecified atom stereocenters. The van der Waals surface area contributed by atoms with Gasteiger partial charge in [-0.1, -0.05) is 6.92 Å². The van der Waals surface area contributed by atoms with Gasteiger partial charge in [0.25, 0.3) is 0 Å². The van der Waals surface area contributed by atoms with Crippen LogP contribution in [0.5, 0.6) is 11.5 Å². The third-order valence-electron chi connectivity index (χ3n) is 2.34. The summed E-state index contributed by atoms with van der Waals surface area (Å²) >= 11 is 0. The van der Waals surface area contributed by atoms with Crippen molar-refractivity contribution >= 4 is 5.78 Å². The predicted molar refractivity (Wildman–Crippen MR) is 57.4 cm³/mol. The van der Waals surface area contributed by atoms with Crippen LogP contribution >= 0.6 is 0 Å². The molecule has 0 atom stereocenters. The van der Waals surface area contributed by atoms with Crippen molar-refractivity contribution in [2.24, 2.45) is 5.73 Å². The van der Waals surface area contributed by atoms with Crippen LogP contribution < -0.4 is 10.5 Å². The number of carbonyl (C=O) groups excluding carboxylic acids is 1. The lowest BCUT2D eigenvalue weighted by Gasteiger charge is -2.12. The second-order valence-corrected chi connectivity index (χ2v) is 3.26. The highest BCUT2D eigenvalue weighted by Crippen LogP contribution is 2.33. The van der Waals surface area contributed by atoms with Crippen molar-refractivity contribution < 1.29 is 19.0 Å². The van der Waals surface area contributed by atoms with E-state index in [1.54, 1.807) is 6.92 Å². The Morgan fingerprint density at radius 2 is 2.25 bits per heavy atom. The first-order valence-corrected chi connectivity index (χ1v) is 4.88. The molecular weight excluding hydrogens is 213 g/mol. The van der Waals surface area contributed by atoms with Crippen molar-refractivity contribution in [1.29, 1.82) is 0 Å². The minimum Gasteiger partial charge on any atom is -0.504 e. The largest absolute Gasteiger partial charge is 0.504 e. The molecule has 16 heavy (non-hydrogen) atoms. The summed E-state index contributed by atoms with van der Waals surface area (Å²) in [5.41, 5.74) is 5.59. The number of benzene rings is 1. The molecular formula is C11H14FNO3. The number of nitrogens with two attached hydrogens (primary N) is 1. The van der Waals surface area contributed by atoms with E-state index in [1.807, 2.05) is 0 Å². The molecule has 0 radical (unpaired) electrons. The minimum absolute atomic E-state index is 0.0337. The zero-order valence-corrected chi connectivity index (χ0v) is 9.21. The quantitative estimate of drug-likeness (QED) is 0.759. The highest BCUT2D eigenvalue weighted by molar-refractivity contribution is 6.00. The lowest BCUT2D eigenvalue weighted by Crippen LogP contribution is -2.15. The van der Waals surface area contributed by atoms with Crippen molar-refractivity contribution in [2.45, 2.75) is 13.3 Å². The van der Waals surface area contributed by atoms with E-state index in [1.165, 1.54) is 13.2 Å². The summed E-state index contributed by atoms with van der Waals surface area (Å²) in [6.45, 7) is 1.52. The molecule has 0 amide bonds. The van der Waals surface area contributed by atoms with Crippen LogP contribution in [0.1, 0.15) is 22.8 Å². The average molecular weight is 227 g/mol. The van der Waals surface area contributed by atoms with Crippen LogP contribution in [-0.2, 0) is 6.42 Å². The van der Waals surface area contributed by atoms with E-state index in [4.69, 9.17) is 10.5 Å². The van der Waals surface area contributed by atoms with Crippen molar-refractivity contribution in [1.82, 2.24) is 0 Å². The zero-order valence-electron chi connectivity index (χ0n) is 9.21. The molecule has 1 rings (SSSR count). The molecule has 0 fully saturated rings. The average Bonchev–Trinajstić information content (AvgIpc) is 2.31. The van der Waals surface area contributed by atoms with Crippen LogP contribution in [0.25, 0.3) is 0 Å². The summed E-state index contributed by atoms with van der Waals surface area (Å²) in [5.74, 6) is -2.16. The maximum absolute atomic E-state index is 13.6. The van der Waals surface area contributed by atoms with E-state index in [0.717, 1.165) is 0 Å². The van der Waals surface area contributed by atoms with Crippen molar-refractivity contribution in [3.8, 4) is 11.5 Å². The summed E-state index contributed by atoms with van der Waals surface area (Å²) < 4.78 is 18.5. The molecule has 0 saturated heterocycles. The third kappa shape index (κ3) is 1.99. The molecule has 1 aromatic rings. The summed E-state index contributed by atoms with van der Waals surface area (Å²) in [4.78, 5) is 11.4. The standard InChI is InChI=1S/C11H14FNO3/c1-3-6-4-7(8(14)5-13)10(15)9(12)11(6)16-2/h4,15H,3,5,13H2,1-2H3. The topological polar surface area (TPSA) is 72.6 Å². The Bertz CT molecular complexity index is 418. The number of phenols is 1. The normalized spacial score (nSPS) is 10.2. The molecule has 0 aliphatic carbocycles. The summed E-state index contributed by atoms with van der Waals surface area (Å²) in [6, 6.07) is 1.41. The number of phenolic OH excluding ortho intramolecular Hbond substituents is 1. The fraction of sp³-hybridized carbons (Fsp3) is 0.364. The summed E-state index contributed by atoms with van der Waals surface area (Å²) in [6.07, 6.45) is 0.491. The molecule has 0 aliphatic heterocycles. The minimum atomic E-state index is -0.918. The van der Waals surface area contributed by atoms with Crippen molar-refractivity contribution in [3.05, 3.63) is 23.0 Å². The number of aromatic hydroxyl groups is 1. The van der Waals surface area contributed by atoms with E-state index >= 15 is 0 Å². The van der Waals surface area contributed by atoms with Gasteiger partial charge in [-0.2, -0.15) is 4.39 Å². The Kier molecular flexibility index (Phi) is 3.84. The van der Waals surface area contributed by atoms with Gasteiger partial charge in [-0.3, -0.25) is 4.79 Å². The lowest BCUT2D eigenvalue weighted by molar-refractivity contribution is 0.0998. The smallest absolute Gasteiger partial charge is 0.207 e. The van der Waals surface area contributed by atoms with Gasteiger partial charge in [-0.05, 0) is 18.1 Å². The zero-order chi connectivity index (χ0) is 12.3. The predicted octanol–water partition coefficient (Wildman–Crippen LogP) is 1.24. The number of Topliss-reactive ketones (excluding diaryl/α,β-unsaturated/α-hetero) is 1. The molecule has 4 nitrogen and oxygen atoms in total. The van der Waals surface area contributed by atoms with Gasteiger partial charge in [0.15, 0.2) is 17.3 Å². The van der Waals surface area contributed by atoms with Crippen molar-refractivity contribution in [3.63, 3.8) is 0 Å². The number of methoxy groups -OCH3 is 1. The van der Waals surface area contributed by atoms with E-state index in [0.29, 0.717) is 12.0 Å². The maximum Gasteiger partial charge on any atom is 0.207 e. The van der Waals surface area contributed by atoms with E-state index in [2.05, 4.69) is 0 Å². The van der Waals surface area contributed by atoms with Gasteiger partial charge >= 0.3 is 0 Å². The number of halogens is 1. The van der Waals surface area contributed by atoms with Crippen molar-refractivity contribution in [2.75, 3.05) is 13.7 Å². The van der Waals surface area contributed by atoms with Crippen LogP contribution in [0.3, 0.4) is 0 Å². The molecule has 0 heterocycles. The number of ketones is 1. The van der Waals surface area contributed by atoms with Gasteiger partial charge in [0.2, 0.25) is 5.82 Å². The first-order valence-electron chi connectivity index (χ1n) is 4.88. The third-order valence-corrected chi connectivity index (χ3v) is 2.34. The SMILES string of the molecule is CCc1cc(C(=O)CN)c(O)c(F)c1OC. The fourth-order valence-corrected chi connectivity index (χ4v) is 1.48. The van der Waals surface area contributed by atoms with Crippen LogP contribution in [0, 0.1) is 5.82 Å². The number of hydrogen-bond donors (Lipinski definition) is 2. The van der Waals surface area contributed by atoms with Crippen LogP contribution in [0.4, 0.5) is 4.39 Å². The number of rotatable bonds is 4. The Labute approximate surface area is 92.8 Å². The van der Waals surface area contributed by atoms with Gasteiger partial charge < -0.3 is 15.6 Å². The monoisotopic (exact) mass is 227 g/mol. The summed E-state index contributed by atoms with van der Waals surface area (Å²) in [5, 5.41) is 9.50. The van der Waals surface area contributed by atoms with E-state index in [9.17, 15) is 14.3 Å². The molecule has 3 N–H and O–H groups in total. The number of aryl methyl sites for hydroxylation is 1. The second kappa shape index (κ2) is 4.94. The Morgan fingerprint density at radius 1 is 1.62 bits per heavy atom. The Hall–Kier alpha value is -1.62. The number of hydrogen-bond acceptors (Lipinski definition) is 4. The van der Waals surface area contributed by atoms with E-state index in [-0.39, 0.29) is 17.9 Å². The van der Waals surface area contributed by atoms with Crippen LogP contribution in [0.15, 0.2) is 6.07 Å². The van der Waals surface area contributed by atoms with Gasteiger partial charge in [0.1, 0.15) is 0 Å². The Morgan fingerprint density at radius 3 is 2.69 bits per heavy atom. The van der Waals surface area contributed by atoms with Gasteiger partial charge in [0.05, 0.1) is 19.2 Å². The van der Waals surface area contributed by atoms with Gasteiger partial charge in [-0.25, -0.2) is 0 Å². The first-order chi connectivity index (χ1) is 7.56. The van der Waals surface area contributed by atoms with Gasteiger partial charge in [0, 0.05) is 0 Å². The van der Waals surface area contributed by atoms with Crippen LogP contribution in [0.2, 0.25) is 0 Å². The van der Waals surface area contributed by atoms with E-state index < -0.39 is 17.3 Å². The molecule has 88 valence electrons. The van der Waals surface area contributed by atoms with Crippen LogP contribution in [-0.4, -0.2) is 24.5 Å². The molecule has 0 bridgehead atoms. The first kappa shape index (κ1) is 12.4. The molecule has 5 heteroatoms. The molecule has 0 aromatic heterocycles. The lowest BCUT2D eigenvalue weighted by atomic mass is 10.0. The Balaban J connectivity index is 3.44. The number of carbonyl (C=O) groups is 1. The molecule has 0 aliphatic rings. The summed E-state index contributed by atoms with van der Waals surface area (Å²) in [7, 11) is 1.31. The molecule has 0 spiro atoms. The van der Waals surface area contributed by atoms with Gasteiger partial charge in [-0.15, -0.1) is 0 Å². The fourth-order valence-electron chi connectivity index (χ4n) is 1.48. The molecule has 0 saturated carbocycles. The second-order valence-electron chi connectivity index (χ2n) is 3.26. The highest BCUT2D eigenvalue weighted by Gasteiger charge is 2.20. The molecule has 1 aromatic carbocycles. The maximum atomic E-state index is 13.6.